The van der Waals surface area contributed by atoms with Gasteiger partial charge < -0.3 is 10.2 Å². The summed E-state index contributed by atoms with van der Waals surface area (Å²) < 4.78 is 0. The Morgan fingerprint density at radius 2 is 1.68 bits per heavy atom. The molecule has 5 atom stereocenters. The Bertz CT molecular complexity index is 1230. The normalized spacial score (nSPS) is 32.2. The zero-order valence-electron chi connectivity index (χ0n) is 20.0. The molecule has 2 saturated carbocycles. The minimum Gasteiger partial charge on any atom is -0.508 e. The molecule has 0 spiro atoms. The summed E-state index contributed by atoms with van der Waals surface area (Å²) in [7, 11) is 0. The van der Waals surface area contributed by atoms with Crippen LogP contribution in [-0.2, 0) is 6.42 Å². The Morgan fingerprint density at radius 1 is 0.882 bits per heavy atom. The van der Waals surface area contributed by atoms with Crippen molar-refractivity contribution in [3.63, 3.8) is 0 Å². The molecule has 3 aromatic carbocycles. The van der Waals surface area contributed by atoms with E-state index in [1.165, 1.54) is 22.3 Å². The minimum atomic E-state index is -0.776. The van der Waals surface area contributed by atoms with Gasteiger partial charge in [0.05, 0.1) is 5.60 Å². The highest BCUT2D eigenvalue weighted by Crippen LogP contribution is 2.64. The molecule has 0 bridgehead atoms. The molecule has 0 radical (unpaired) electrons. The van der Waals surface area contributed by atoms with E-state index >= 15 is 0 Å². The quantitative estimate of drug-likeness (QED) is 0.438. The van der Waals surface area contributed by atoms with Crippen molar-refractivity contribution in [1.29, 1.82) is 0 Å². The van der Waals surface area contributed by atoms with Gasteiger partial charge in [0.2, 0.25) is 0 Å². The van der Waals surface area contributed by atoms with Gasteiger partial charge in [0.15, 0.2) is 0 Å². The van der Waals surface area contributed by atoms with Gasteiger partial charge in [-0.15, -0.1) is 0 Å². The van der Waals surface area contributed by atoms with E-state index in [-0.39, 0.29) is 5.41 Å². The van der Waals surface area contributed by atoms with Crippen LogP contribution in [0.15, 0.2) is 78.9 Å². The highest BCUT2D eigenvalue weighted by molar-refractivity contribution is 5.75. The van der Waals surface area contributed by atoms with Crippen molar-refractivity contribution >= 4 is 6.08 Å². The number of aryl methyl sites for hydroxylation is 1. The molecule has 34 heavy (non-hydrogen) atoms. The number of aromatic hydroxyl groups is 1. The van der Waals surface area contributed by atoms with Gasteiger partial charge in [-0.1, -0.05) is 79.7 Å². The SMILES string of the molecule is CC12CCC3c4ccc(O)cc4CCC3C1CCC2(O)/C=C/c1ccccc1-c1ccccc1. The Hall–Kier alpha value is -2.84. The van der Waals surface area contributed by atoms with Crippen LogP contribution in [0, 0.1) is 17.3 Å². The summed E-state index contributed by atoms with van der Waals surface area (Å²) in [4.78, 5) is 0. The fraction of sp³-hybridized carbons (Fsp3) is 0.375. The number of fused-ring (bicyclic) bond motifs is 5. The van der Waals surface area contributed by atoms with E-state index in [0.717, 1.165) is 44.1 Å². The molecule has 0 heterocycles. The number of aliphatic hydroxyl groups is 1. The van der Waals surface area contributed by atoms with Crippen LogP contribution in [0.3, 0.4) is 0 Å². The van der Waals surface area contributed by atoms with E-state index in [2.05, 4.69) is 73.7 Å². The van der Waals surface area contributed by atoms with Gasteiger partial charge in [0, 0.05) is 5.41 Å². The predicted molar refractivity (Wildman–Crippen MR) is 139 cm³/mol. The molecular formula is C32H34O2. The van der Waals surface area contributed by atoms with Gasteiger partial charge >= 0.3 is 0 Å². The van der Waals surface area contributed by atoms with E-state index in [1.54, 1.807) is 0 Å². The van der Waals surface area contributed by atoms with Crippen molar-refractivity contribution in [3.8, 4) is 16.9 Å². The Balaban J connectivity index is 1.30. The molecule has 3 aromatic rings. The molecule has 5 unspecified atom stereocenters. The zero-order valence-corrected chi connectivity index (χ0v) is 20.0. The van der Waals surface area contributed by atoms with Crippen molar-refractivity contribution in [3.05, 3.63) is 95.6 Å². The number of hydrogen-bond donors (Lipinski definition) is 2. The lowest BCUT2D eigenvalue weighted by Crippen LogP contribution is -2.49. The fourth-order valence-corrected chi connectivity index (χ4v) is 7.64. The van der Waals surface area contributed by atoms with Crippen LogP contribution < -0.4 is 0 Å². The summed E-state index contributed by atoms with van der Waals surface area (Å²) in [5.74, 6) is 2.10. The van der Waals surface area contributed by atoms with E-state index < -0.39 is 5.60 Å². The zero-order chi connectivity index (χ0) is 23.3. The number of hydrogen-bond acceptors (Lipinski definition) is 2. The number of phenols is 1. The number of phenolic OH excluding ortho intramolecular Hbond substituents is 1. The molecule has 0 saturated heterocycles. The van der Waals surface area contributed by atoms with Crippen molar-refractivity contribution in [2.24, 2.45) is 17.3 Å². The summed E-state index contributed by atoms with van der Waals surface area (Å²) in [6.07, 6.45) is 10.6. The molecule has 3 aliphatic rings. The molecule has 2 fully saturated rings. The highest BCUT2D eigenvalue weighted by Gasteiger charge is 2.60. The van der Waals surface area contributed by atoms with Gasteiger partial charge in [0.25, 0.3) is 0 Å². The third-order valence-corrected chi connectivity index (χ3v) is 9.51. The molecule has 174 valence electrons. The van der Waals surface area contributed by atoms with Crippen LogP contribution in [0.1, 0.15) is 61.6 Å². The second-order valence-corrected chi connectivity index (χ2v) is 11.0. The van der Waals surface area contributed by atoms with Gasteiger partial charge in [0.1, 0.15) is 5.75 Å². The largest absolute Gasteiger partial charge is 0.508 e. The lowest BCUT2D eigenvalue weighted by atomic mass is 9.53. The Kier molecular flexibility index (Phi) is 5.18. The van der Waals surface area contributed by atoms with E-state index in [1.807, 2.05) is 18.2 Å². The van der Waals surface area contributed by atoms with Crippen LogP contribution in [-0.4, -0.2) is 15.8 Å². The molecule has 2 heteroatoms. The van der Waals surface area contributed by atoms with E-state index in [4.69, 9.17) is 0 Å². The first-order chi connectivity index (χ1) is 16.5. The summed E-state index contributed by atoms with van der Waals surface area (Å²) in [5.41, 5.74) is 5.47. The van der Waals surface area contributed by atoms with Crippen LogP contribution in [0.5, 0.6) is 5.75 Å². The first-order valence-electron chi connectivity index (χ1n) is 12.9. The maximum absolute atomic E-state index is 12.1. The van der Waals surface area contributed by atoms with Crippen molar-refractivity contribution in [1.82, 2.24) is 0 Å². The first-order valence-corrected chi connectivity index (χ1v) is 12.9. The van der Waals surface area contributed by atoms with Gasteiger partial charge in [-0.2, -0.15) is 0 Å². The summed E-state index contributed by atoms with van der Waals surface area (Å²) in [6.45, 7) is 2.35. The maximum atomic E-state index is 12.1. The van der Waals surface area contributed by atoms with Crippen molar-refractivity contribution in [2.75, 3.05) is 0 Å². The van der Waals surface area contributed by atoms with E-state index in [0.29, 0.717) is 23.5 Å². The Labute approximate surface area is 203 Å². The summed E-state index contributed by atoms with van der Waals surface area (Å²) in [5, 5.41) is 22.0. The summed E-state index contributed by atoms with van der Waals surface area (Å²) in [6, 6.07) is 25.0. The van der Waals surface area contributed by atoms with Crippen LogP contribution in [0.2, 0.25) is 0 Å². The first kappa shape index (κ1) is 21.7. The molecule has 6 rings (SSSR count). The Morgan fingerprint density at radius 3 is 2.53 bits per heavy atom. The average Bonchev–Trinajstić information content (AvgIpc) is 3.14. The third kappa shape index (κ3) is 3.34. The lowest BCUT2D eigenvalue weighted by Gasteiger charge is -2.52. The molecule has 2 N–H and O–H groups in total. The molecule has 3 aliphatic carbocycles. The van der Waals surface area contributed by atoms with Crippen LogP contribution in [0.4, 0.5) is 0 Å². The van der Waals surface area contributed by atoms with Crippen LogP contribution >= 0.6 is 0 Å². The average molecular weight is 451 g/mol. The second-order valence-electron chi connectivity index (χ2n) is 11.0. The maximum Gasteiger partial charge on any atom is 0.115 e. The number of rotatable bonds is 3. The van der Waals surface area contributed by atoms with Crippen molar-refractivity contribution < 1.29 is 10.2 Å². The monoisotopic (exact) mass is 450 g/mol. The lowest BCUT2D eigenvalue weighted by molar-refractivity contribution is -0.0705. The van der Waals surface area contributed by atoms with Gasteiger partial charge in [-0.25, -0.2) is 0 Å². The molecule has 0 amide bonds. The smallest absolute Gasteiger partial charge is 0.115 e. The summed E-state index contributed by atoms with van der Waals surface area (Å²) >= 11 is 0. The molecular weight excluding hydrogens is 416 g/mol. The second kappa shape index (κ2) is 8.13. The topological polar surface area (TPSA) is 40.5 Å². The fourth-order valence-electron chi connectivity index (χ4n) is 7.64. The van der Waals surface area contributed by atoms with E-state index in [9.17, 15) is 10.2 Å². The van der Waals surface area contributed by atoms with Crippen molar-refractivity contribution in [2.45, 2.75) is 57.0 Å². The number of benzene rings is 3. The molecule has 0 aromatic heterocycles. The standard InChI is InChI=1S/C32H34O2/c1-31-18-16-28-27-14-12-25(33)21-24(27)11-13-29(28)30(31)17-20-32(31,34)19-15-23-9-5-6-10-26(23)22-7-3-2-4-8-22/h2-10,12,14-15,19,21,28-30,33-34H,11,13,16-18,20H2,1H3/b19-15+. The predicted octanol–water partition coefficient (Wildman–Crippen LogP) is 7.36. The van der Waals surface area contributed by atoms with Gasteiger partial charge in [-0.3, -0.25) is 0 Å². The van der Waals surface area contributed by atoms with Crippen LogP contribution in [0.25, 0.3) is 17.2 Å². The minimum absolute atomic E-state index is 0.0964. The third-order valence-electron chi connectivity index (χ3n) is 9.51. The molecule has 0 aliphatic heterocycles. The highest BCUT2D eigenvalue weighted by atomic mass is 16.3. The molecule has 2 nitrogen and oxygen atoms in total. The van der Waals surface area contributed by atoms with Gasteiger partial charge in [-0.05, 0) is 96.2 Å².